The third-order valence-electron chi connectivity index (χ3n) is 3.84. The molecule has 1 fully saturated rings. The minimum atomic E-state index is 0.586. The van der Waals surface area contributed by atoms with E-state index < -0.39 is 0 Å². The minimum Gasteiger partial charge on any atom is -0.355 e. The summed E-state index contributed by atoms with van der Waals surface area (Å²) in [5.41, 5.74) is 3.77. The van der Waals surface area contributed by atoms with Crippen LogP contribution in [0.2, 0.25) is 0 Å². The highest BCUT2D eigenvalue weighted by atomic mass is 15.3. The van der Waals surface area contributed by atoms with Crippen LogP contribution < -0.4 is 16.2 Å². The summed E-state index contributed by atoms with van der Waals surface area (Å²) in [4.78, 5) is 13.3. The molecule has 0 radical (unpaired) electrons. The number of nitrogens with one attached hydrogen (secondary N) is 1. The first-order valence-corrected chi connectivity index (χ1v) is 6.89. The molecule has 0 bridgehead atoms. The standard InChI is InChI=1S/C13H24N6/c1-4-11-12(17-14)15-9-16-13(11)19-7-5-6-10(8-19)18(2)3/h9-10H,4-8,14H2,1-3H3,(H,15,16,17). The highest BCUT2D eigenvalue weighted by Crippen LogP contribution is 2.26. The monoisotopic (exact) mass is 264 g/mol. The molecule has 1 aromatic heterocycles. The van der Waals surface area contributed by atoms with E-state index in [1.807, 2.05) is 0 Å². The van der Waals surface area contributed by atoms with E-state index in [-0.39, 0.29) is 0 Å². The van der Waals surface area contributed by atoms with Crippen molar-refractivity contribution in [1.82, 2.24) is 14.9 Å². The largest absolute Gasteiger partial charge is 0.355 e. The topological polar surface area (TPSA) is 70.3 Å². The number of nitrogens with zero attached hydrogens (tertiary/aromatic N) is 4. The van der Waals surface area contributed by atoms with Gasteiger partial charge in [0.1, 0.15) is 18.0 Å². The summed E-state index contributed by atoms with van der Waals surface area (Å²) >= 11 is 0. The van der Waals surface area contributed by atoms with Crippen molar-refractivity contribution in [2.24, 2.45) is 5.84 Å². The molecule has 6 heteroatoms. The molecule has 0 saturated carbocycles. The quantitative estimate of drug-likeness (QED) is 0.621. The highest BCUT2D eigenvalue weighted by molar-refractivity contribution is 5.58. The molecule has 1 aliphatic heterocycles. The van der Waals surface area contributed by atoms with Gasteiger partial charge in [-0.2, -0.15) is 0 Å². The van der Waals surface area contributed by atoms with Gasteiger partial charge in [0.25, 0.3) is 0 Å². The molecule has 0 aromatic carbocycles. The van der Waals surface area contributed by atoms with Gasteiger partial charge < -0.3 is 15.2 Å². The molecule has 1 atom stereocenters. The average molecular weight is 264 g/mol. The van der Waals surface area contributed by atoms with Crippen LogP contribution in [0, 0.1) is 0 Å². The summed E-state index contributed by atoms with van der Waals surface area (Å²) in [7, 11) is 4.28. The number of anilines is 2. The second-order valence-corrected chi connectivity index (χ2v) is 5.23. The fraction of sp³-hybridized carbons (Fsp3) is 0.692. The zero-order valence-corrected chi connectivity index (χ0v) is 12.1. The number of aromatic nitrogens is 2. The molecule has 2 rings (SSSR count). The Morgan fingerprint density at radius 2 is 2.26 bits per heavy atom. The molecule has 1 saturated heterocycles. The van der Waals surface area contributed by atoms with Crippen LogP contribution >= 0.6 is 0 Å². The van der Waals surface area contributed by atoms with Crippen LogP contribution in [-0.4, -0.2) is 48.1 Å². The number of piperidine rings is 1. The van der Waals surface area contributed by atoms with Crippen molar-refractivity contribution in [2.75, 3.05) is 37.5 Å². The molecule has 19 heavy (non-hydrogen) atoms. The van der Waals surface area contributed by atoms with E-state index in [9.17, 15) is 0 Å². The smallest absolute Gasteiger partial charge is 0.148 e. The first kappa shape index (κ1) is 14.0. The van der Waals surface area contributed by atoms with Crippen LogP contribution in [-0.2, 0) is 6.42 Å². The summed E-state index contributed by atoms with van der Waals surface area (Å²) in [6.07, 6.45) is 4.90. The molecule has 6 nitrogen and oxygen atoms in total. The van der Waals surface area contributed by atoms with Gasteiger partial charge >= 0.3 is 0 Å². The van der Waals surface area contributed by atoms with Crippen molar-refractivity contribution in [2.45, 2.75) is 32.2 Å². The van der Waals surface area contributed by atoms with Crippen molar-refractivity contribution < 1.29 is 0 Å². The second kappa shape index (κ2) is 6.16. The van der Waals surface area contributed by atoms with Crippen LogP contribution in [0.4, 0.5) is 11.6 Å². The fourth-order valence-electron chi connectivity index (χ4n) is 2.69. The lowest BCUT2D eigenvalue weighted by molar-refractivity contribution is 0.257. The first-order chi connectivity index (χ1) is 9.17. The van der Waals surface area contributed by atoms with Gasteiger partial charge in [0, 0.05) is 24.7 Å². The summed E-state index contributed by atoms with van der Waals surface area (Å²) in [5, 5.41) is 0. The summed E-state index contributed by atoms with van der Waals surface area (Å²) in [6.45, 7) is 4.18. The lowest BCUT2D eigenvalue weighted by atomic mass is 10.0. The van der Waals surface area contributed by atoms with Gasteiger partial charge in [0.2, 0.25) is 0 Å². The Labute approximate surface area is 115 Å². The number of likely N-dealkylation sites (N-methyl/N-ethyl adjacent to an activating group) is 1. The predicted molar refractivity (Wildman–Crippen MR) is 78.1 cm³/mol. The predicted octanol–water partition coefficient (Wildman–Crippen LogP) is 0.855. The minimum absolute atomic E-state index is 0.586. The van der Waals surface area contributed by atoms with Gasteiger partial charge in [-0.05, 0) is 33.4 Å². The summed E-state index contributed by atoms with van der Waals surface area (Å²) in [6, 6.07) is 0.586. The maximum absolute atomic E-state index is 5.53. The second-order valence-electron chi connectivity index (χ2n) is 5.23. The molecule has 1 unspecified atom stereocenters. The van der Waals surface area contributed by atoms with Crippen molar-refractivity contribution in [1.29, 1.82) is 0 Å². The summed E-state index contributed by atoms with van der Waals surface area (Å²) < 4.78 is 0. The molecular formula is C13H24N6. The normalized spacial score (nSPS) is 19.8. The van der Waals surface area contributed by atoms with Crippen LogP contribution in [0.25, 0.3) is 0 Å². The SMILES string of the molecule is CCc1c(NN)ncnc1N1CCCC(N(C)C)C1. The van der Waals surface area contributed by atoms with Crippen molar-refractivity contribution in [3.05, 3.63) is 11.9 Å². The Bertz CT molecular complexity index is 420. The van der Waals surface area contributed by atoms with Gasteiger partial charge in [0.05, 0.1) is 0 Å². The summed E-state index contributed by atoms with van der Waals surface area (Å²) in [5.74, 6) is 7.29. The zero-order valence-electron chi connectivity index (χ0n) is 12.1. The van der Waals surface area contributed by atoms with E-state index >= 15 is 0 Å². The number of hydrazine groups is 1. The Hall–Kier alpha value is -1.40. The van der Waals surface area contributed by atoms with E-state index in [4.69, 9.17) is 5.84 Å². The van der Waals surface area contributed by atoms with Gasteiger partial charge in [-0.25, -0.2) is 15.8 Å². The number of nitrogens with two attached hydrogens (primary N) is 1. The van der Waals surface area contributed by atoms with Crippen LogP contribution in [0.1, 0.15) is 25.3 Å². The van der Waals surface area contributed by atoms with Crippen LogP contribution in [0.3, 0.4) is 0 Å². The van der Waals surface area contributed by atoms with E-state index in [0.29, 0.717) is 6.04 Å². The van der Waals surface area contributed by atoms with E-state index in [2.05, 4.69) is 46.2 Å². The van der Waals surface area contributed by atoms with Crippen LogP contribution in [0.15, 0.2) is 6.33 Å². The lowest BCUT2D eigenvalue weighted by Crippen LogP contribution is -2.45. The molecule has 106 valence electrons. The van der Waals surface area contributed by atoms with Crippen molar-refractivity contribution >= 4 is 11.6 Å². The molecule has 3 N–H and O–H groups in total. The van der Waals surface area contributed by atoms with Crippen molar-refractivity contribution in [3.63, 3.8) is 0 Å². The molecule has 0 amide bonds. The Morgan fingerprint density at radius 1 is 1.47 bits per heavy atom. The Morgan fingerprint density at radius 3 is 2.89 bits per heavy atom. The van der Waals surface area contributed by atoms with Crippen LogP contribution in [0.5, 0.6) is 0 Å². The molecular weight excluding hydrogens is 240 g/mol. The lowest BCUT2D eigenvalue weighted by Gasteiger charge is -2.37. The number of hydrogen-bond acceptors (Lipinski definition) is 6. The maximum Gasteiger partial charge on any atom is 0.148 e. The molecule has 2 heterocycles. The Kier molecular flexibility index (Phi) is 4.55. The molecule has 0 aliphatic carbocycles. The Balaban J connectivity index is 2.25. The molecule has 1 aromatic rings. The van der Waals surface area contributed by atoms with E-state index in [0.717, 1.165) is 36.7 Å². The number of rotatable bonds is 4. The maximum atomic E-state index is 5.53. The van der Waals surface area contributed by atoms with E-state index in [1.165, 1.54) is 12.8 Å². The number of hydrogen-bond donors (Lipinski definition) is 2. The zero-order chi connectivity index (χ0) is 13.8. The van der Waals surface area contributed by atoms with Gasteiger partial charge in [-0.15, -0.1) is 0 Å². The molecule has 1 aliphatic rings. The van der Waals surface area contributed by atoms with Crippen molar-refractivity contribution in [3.8, 4) is 0 Å². The third kappa shape index (κ3) is 2.96. The molecule has 0 spiro atoms. The first-order valence-electron chi connectivity index (χ1n) is 6.89. The van der Waals surface area contributed by atoms with Gasteiger partial charge in [0.15, 0.2) is 0 Å². The highest BCUT2D eigenvalue weighted by Gasteiger charge is 2.24. The van der Waals surface area contributed by atoms with Gasteiger partial charge in [-0.3, -0.25) is 0 Å². The van der Waals surface area contributed by atoms with Gasteiger partial charge in [-0.1, -0.05) is 6.92 Å². The average Bonchev–Trinajstić information content (AvgIpc) is 2.46. The fourth-order valence-corrected chi connectivity index (χ4v) is 2.69. The van der Waals surface area contributed by atoms with E-state index in [1.54, 1.807) is 6.33 Å². The number of nitrogen functional groups attached to an aromatic ring is 1. The third-order valence-corrected chi connectivity index (χ3v) is 3.84.